The number of carbonyl (C=O) groups excluding carboxylic acids is 1. The molecule has 0 fully saturated rings. The standard InChI is InChI=1S/C28H30N4O2S/c1-30-27(21-6-3-2-4-7-21)24(17-29)19-32-15-5-8-22-16-23(11-14-26(22)32)28(33)31-18-20-9-12-25(35-34)13-10-20/h2-4,6-7,9-14,16-17,34H,5,8,15,18-19,29H2,1H3,(H,31,33). The van der Waals surface area contributed by atoms with E-state index in [9.17, 15) is 4.79 Å². The number of hydrogen-bond donors (Lipinski definition) is 3. The Morgan fingerprint density at radius 3 is 2.57 bits per heavy atom. The van der Waals surface area contributed by atoms with Crippen molar-refractivity contribution in [2.24, 2.45) is 10.7 Å². The van der Waals surface area contributed by atoms with E-state index in [1.807, 2.05) is 72.8 Å². The van der Waals surface area contributed by atoms with E-state index < -0.39 is 0 Å². The molecule has 0 bridgehead atoms. The van der Waals surface area contributed by atoms with E-state index in [-0.39, 0.29) is 5.91 Å². The number of benzene rings is 3. The fourth-order valence-corrected chi connectivity index (χ4v) is 4.66. The first-order valence-corrected chi connectivity index (χ1v) is 12.4. The van der Waals surface area contributed by atoms with Gasteiger partial charge in [-0.2, -0.15) is 0 Å². The summed E-state index contributed by atoms with van der Waals surface area (Å²) in [5.74, 6) is -0.0995. The summed E-state index contributed by atoms with van der Waals surface area (Å²) < 4.78 is 9.09. The zero-order valence-electron chi connectivity index (χ0n) is 19.8. The van der Waals surface area contributed by atoms with Crippen LogP contribution in [0.15, 0.2) is 94.5 Å². The molecule has 35 heavy (non-hydrogen) atoms. The van der Waals surface area contributed by atoms with Crippen molar-refractivity contribution in [3.8, 4) is 0 Å². The smallest absolute Gasteiger partial charge is 0.251 e. The number of nitrogens with one attached hydrogen (secondary N) is 1. The molecule has 1 aliphatic rings. The number of aliphatic imine (C=N–C) groups is 1. The maximum Gasteiger partial charge on any atom is 0.251 e. The van der Waals surface area contributed by atoms with Crippen molar-refractivity contribution in [1.82, 2.24) is 5.32 Å². The molecule has 1 heterocycles. The largest absolute Gasteiger partial charge is 0.404 e. The minimum atomic E-state index is -0.0995. The zero-order valence-corrected chi connectivity index (χ0v) is 20.6. The second-order valence-corrected chi connectivity index (χ2v) is 9.07. The van der Waals surface area contributed by atoms with Crippen molar-refractivity contribution < 1.29 is 9.35 Å². The fourth-order valence-electron chi connectivity index (χ4n) is 4.40. The summed E-state index contributed by atoms with van der Waals surface area (Å²) in [6, 6.07) is 23.5. The van der Waals surface area contributed by atoms with Crippen LogP contribution in [-0.4, -0.2) is 36.3 Å². The molecule has 0 aromatic heterocycles. The van der Waals surface area contributed by atoms with Gasteiger partial charge in [0.15, 0.2) is 0 Å². The maximum absolute atomic E-state index is 12.8. The van der Waals surface area contributed by atoms with Crippen LogP contribution in [0.4, 0.5) is 5.69 Å². The number of carbonyl (C=O) groups is 1. The van der Waals surface area contributed by atoms with Gasteiger partial charge in [-0.3, -0.25) is 9.79 Å². The lowest BCUT2D eigenvalue weighted by molar-refractivity contribution is 0.0951. The molecule has 6 nitrogen and oxygen atoms in total. The Morgan fingerprint density at radius 2 is 1.89 bits per heavy atom. The van der Waals surface area contributed by atoms with Crippen molar-refractivity contribution in [2.75, 3.05) is 25.0 Å². The summed E-state index contributed by atoms with van der Waals surface area (Å²) in [7, 11) is 1.79. The molecule has 4 N–H and O–H groups in total. The summed E-state index contributed by atoms with van der Waals surface area (Å²) in [4.78, 5) is 20.4. The highest BCUT2D eigenvalue weighted by molar-refractivity contribution is 7.93. The van der Waals surface area contributed by atoms with Crippen molar-refractivity contribution in [3.05, 3.63) is 107 Å². The van der Waals surface area contributed by atoms with Gasteiger partial charge in [-0.1, -0.05) is 42.5 Å². The van der Waals surface area contributed by atoms with E-state index in [1.165, 1.54) is 5.56 Å². The molecule has 4 rings (SSSR count). The number of amides is 1. The Morgan fingerprint density at radius 1 is 1.11 bits per heavy atom. The lowest BCUT2D eigenvalue weighted by atomic mass is 9.97. The number of fused-ring (bicyclic) bond motifs is 1. The first-order chi connectivity index (χ1) is 17.1. The van der Waals surface area contributed by atoms with Crippen LogP contribution in [0, 0.1) is 0 Å². The molecule has 1 amide bonds. The normalized spacial score (nSPS) is 13.9. The third-order valence-electron chi connectivity index (χ3n) is 6.18. The van der Waals surface area contributed by atoms with Crippen LogP contribution in [0.3, 0.4) is 0 Å². The summed E-state index contributed by atoms with van der Waals surface area (Å²) >= 11 is 0.710. The zero-order chi connectivity index (χ0) is 24.6. The highest BCUT2D eigenvalue weighted by Gasteiger charge is 2.21. The molecule has 0 saturated heterocycles. The van der Waals surface area contributed by atoms with Crippen LogP contribution in [0.5, 0.6) is 0 Å². The van der Waals surface area contributed by atoms with Gasteiger partial charge in [0.1, 0.15) is 0 Å². The van der Waals surface area contributed by atoms with Crippen LogP contribution in [0.25, 0.3) is 0 Å². The average Bonchev–Trinajstić information content (AvgIpc) is 2.92. The molecule has 0 radical (unpaired) electrons. The second-order valence-electron chi connectivity index (χ2n) is 8.42. The van der Waals surface area contributed by atoms with Gasteiger partial charge in [-0.25, -0.2) is 0 Å². The van der Waals surface area contributed by atoms with Gasteiger partial charge in [0, 0.05) is 72.2 Å². The summed E-state index contributed by atoms with van der Waals surface area (Å²) in [5, 5.41) is 2.99. The van der Waals surface area contributed by atoms with Crippen LogP contribution in [0.2, 0.25) is 0 Å². The summed E-state index contributed by atoms with van der Waals surface area (Å²) in [5.41, 5.74) is 12.9. The molecule has 3 aromatic rings. The predicted octanol–water partition coefficient (Wildman–Crippen LogP) is 4.90. The molecule has 0 spiro atoms. The van der Waals surface area contributed by atoms with Crippen LogP contribution < -0.4 is 16.0 Å². The lowest BCUT2D eigenvalue weighted by Crippen LogP contribution is -2.33. The molecule has 0 aliphatic carbocycles. The van der Waals surface area contributed by atoms with E-state index in [4.69, 9.17) is 10.3 Å². The minimum absolute atomic E-state index is 0.0995. The molecule has 3 aromatic carbocycles. The van der Waals surface area contributed by atoms with Crippen LogP contribution in [-0.2, 0) is 13.0 Å². The number of hydrogen-bond acceptors (Lipinski definition) is 6. The first kappa shape index (κ1) is 24.6. The van der Waals surface area contributed by atoms with E-state index >= 15 is 0 Å². The number of nitrogens with two attached hydrogens (primary N) is 1. The van der Waals surface area contributed by atoms with Crippen molar-refractivity contribution in [1.29, 1.82) is 0 Å². The monoisotopic (exact) mass is 486 g/mol. The van der Waals surface area contributed by atoms with Gasteiger partial charge in [-0.15, -0.1) is 0 Å². The van der Waals surface area contributed by atoms with Gasteiger partial charge in [0.25, 0.3) is 5.91 Å². The maximum atomic E-state index is 12.8. The van der Waals surface area contributed by atoms with Crippen LogP contribution >= 0.6 is 12.0 Å². The molecular weight excluding hydrogens is 456 g/mol. The Kier molecular flexibility index (Phi) is 8.23. The quantitative estimate of drug-likeness (QED) is 0.311. The Labute approximate surface area is 210 Å². The second kappa shape index (κ2) is 11.7. The molecule has 0 saturated carbocycles. The molecule has 0 atom stereocenters. The van der Waals surface area contributed by atoms with Gasteiger partial charge >= 0.3 is 0 Å². The van der Waals surface area contributed by atoms with Crippen molar-refractivity contribution in [2.45, 2.75) is 24.3 Å². The van der Waals surface area contributed by atoms with E-state index in [0.717, 1.165) is 52.4 Å². The van der Waals surface area contributed by atoms with E-state index in [1.54, 1.807) is 13.2 Å². The van der Waals surface area contributed by atoms with Crippen molar-refractivity contribution >= 4 is 29.3 Å². The molecule has 0 unspecified atom stereocenters. The fraction of sp³-hybridized carbons (Fsp3) is 0.214. The van der Waals surface area contributed by atoms with Gasteiger partial charge in [0.05, 0.1) is 5.71 Å². The Bertz CT molecular complexity index is 1220. The average molecular weight is 487 g/mol. The Hall–Kier alpha value is -3.55. The number of rotatable bonds is 8. The topological polar surface area (TPSA) is 91.0 Å². The number of nitrogens with zero attached hydrogens (tertiary/aromatic N) is 2. The molecule has 180 valence electrons. The van der Waals surface area contributed by atoms with E-state index in [0.29, 0.717) is 30.7 Å². The highest BCUT2D eigenvalue weighted by atomic mass is 32.2. The predicted molar refractivity (Wildman–Crippen MR) is 144 cm³/mol. The molecule has 7 heteroatoms. The lowest BCUT2D eigenvalue weighted by Gasteiger charge is -2.32. The highest BCUT2D eigenvalue weighted by Crippen LogP contribution is 2.29. The van der Waals surface area contributed by atoms with Gasteiger partial charge < -0.3 is 20.5 Å². The third kappa shape index (κ3) is 5.93. The Balaban J connectivity index is 1.46. The van der Waals surface area contributed by atoms with Crippen LogP contribution in [0.1, 0.15) is 33.5 Å². The molecule has 1 aliphatic heterocycles. The van der Waals surface area contributed by atoms with Gasteiger partial charge in [-0.05, 0) is 54.3 Å². The number of anilines is 1. The summed E-state index contributed by atoms with van der Waals surface area (Å²) in [6.45, 7) is 2.00. The SMILES string of the molecule is CN=C(C(=CN)CN1CCCc2cc(C(=O)NCc3ccc(SO)cc3)ccc21)c1ccccc1. The van der Waals surface area contributed by atoms with E-state index in [2.05, 4.69) is 15.2 Å². The number of aryl methyl sites for hydroxylation is 1. The van der Waals surface area contributed by atoms with Gasteiger partial charge in [0.2, 0.25) is 0 Å². The molecular formula is C28H30N4O2S. The first-order valence-electron chi connectivity index (χ1n) is 11.6. The third-order valence-corrected chi connectivity index (χ3v) is 6.66. The minimum Gasteiger partial charge on any atom is -0.404 e. The summed E-state index contributed by atoms with van der Waals surface area (Å²) in [6.07, 6.45) is 3.59. The van der Waals surface area contributed by atoms with Crippen molar-refractivity contribution in [3.63, 3.8) is 0 Å².